The summed E-state index contributed by atoms with van der Waals surface area (Å²) in [6.45, 7) is 8.36. The average molecular weight is 340 g/mol. The first kappa shape index (κ1) is 16.6. The Kier molecular flexibility index (Phi) is 3.86. The van der Waals surface area contributed by atoms with Gasteiger partial charge >= 0.3 is 5.97 Å². The molecule has 3 aliphatic rings. The van der Waals surface area contributed by atoms with Crippen LogP contribution in [0.2, 0.25) is 0 Å². The van der Waals surface area contributed by atoms with Gasteiger partial charge in [0.25, 0.3) is 0 Å². The molecule has 3 heteroatoms. The van der Waals surface area contributed by atoms with Gasteiger partial charge in [-0.2, -0.15) is 0 Å². The van der Waals surface area contributed by atoms with Crippen LogP contribution in [0.5, 0.6) is 0 Å². The summed E-state index contributed by atoms with van der Waals surface area (Å²) in [6.07, 6.45) is 7.08. The van der Waals surface area contributed by atoms with E-state index in [9.17, 15) is 9.18 Å². The molecule has 0 N–H and O–H groups in total. The van der Waals surface area contributed by atoms with Gasteiger partial charge < -0.3 is 4.74 Å². The maximum atomic E-state index is 13.5. The number of hydrogen-bond donors (Lipinski definition) is 0. The maximum absolute atomic E-state index is 13.5. The molecule has 2 nitrogen and oxygen atoms in total. The topological polar surface area (TPSA) is 26.3 Å². The molecule has 0 amide bonds. The molecule has 1 aromatic carbocycles. The highest BCUT2D eigenvalue weighted by Gasteiger charge is 2.50. The van der Waals surface area contributed by atoms with Crippen molar-refractivity contribution in [3.05, 3.63) is 58.9 Å². The van der Waals surface area contributed by atoms with Crippen molar-refractivity contribution in [3.8, 4) is 0 Å². The summed E-state index contributed by atoms with van der Waals surface area (Å²) in [5.41, 5.74) is 4.17. The van der Waals surface area contributed by atoms with Crippen LogP contribution in [0.3, 0.4) is 0 Å². The normalized spacial score (nSPS) is 34.2. The van der Waals surface area contributed by atoms with E-state index in [0.717, 1.165) is 30.4 Å². The molecule has 2 fully saturated rings. The first-order valence-electron chi connectivity index (χ1n) is 9.22. The smallest absolute Gasteiger partial charge is 0.314 e. The first-order chi connectivity index (χ1) is 11.9. The number of hydrogen-bond acceptors (Lipinski definition) is 2. The van der Waals surface area contributed by atoms with Crippen LogP contribution >= 0.6 is 0 Å². The standard InChI is InChI=1S/C22H25FO2/c1-13-5-4-8-22(3)12-20-16(11-18(13)22)17(21(24)25-20)10-15-6-7-19(23)14(2)9-15/h6-7,9,11,17-18,20H,1,4-5,8,10,12H2,2-3H3/t17?,18-,20-,22+/m0/s1. The van der Waals surface area contributed by atoms with Gasteiger partial charge in [-0.3, -0.25) is 4.79 Å². The molecule has 0 bridgehead atoms. The molecule has 0 aromatic heterocycles. The summed E-state index contributed by atoms with van der Waals surface area (Å²) in [5.74, 6) is -0.235. The second kappa shape index (κ2) is 5.82. The zero-order valence-corrected chi connectivity index (χ0v) is 15.0. The third-order valence-corrected chi connectivity index (χ3v) is 6.43. The molecule has 0 radical (unpaired) electrons. The zero-order chi connectivity index (χ0) is 17.8. The SMILES string of the molecule is C=C1CCC[C@]2(C)C[C@@H]3OC(=O)C(Cc4ccc(F)c(C)c4)C3=C[C@@H]12. The van der Waals surface area contributed by atoms with Crippen LogP contribution in [-0.2, 0) is 16.0 Å². The van der Waals surface area contributed by atoms with Crippen LogP contribution in [0, 0.1) is 30.0 Å². The second-order valence-corrected chi connectivity index (χ2v) is 8.28. The molecule has 132 valence electrons. The summed E-state index contributed by atoms with van der Waals surface area (Å²) in [7, 11) is 0. The minimum Gasteiger partial charge on any atom is -0.457 e. The van der Waals surface area contributed by atoms with Gasteiger partial charge in [-0.25, -0.2) is 4.39 Å². The van der Waals surface area contributed by atoms with Gasteiger partial charge in [-0.15, -0.1) is 0 Å². The molecular weight excluding hydrogens is 315 g/mol. The van der Waals surface area contributed by atoms with E-state index >= 15 is 0 Å². The fourth-order valence-electron chi connectivity index (χ4n) is 4.99. The lowest BCUT2D eigenvalue weighted by atomic mass is 9.59. The molecule has 1 saturated carbocycles. The fourth-order valence-corrected chi connectivity index (χ4v) is 4.99. The highest BCUT2D eigenvalue weighted by molar-refractivity contribution is 5.80. The largest absolute Gasteiger partial charge is 0.457 e. The van der Waals surface area contributed by atoms with Crippen LogP contribution in [0.1, 0.15) is 43.7 Å². The predicted octanol–water partition coefficient (Wildman–Crippen LogP) is 4.91. The lowest BCUT2D eigenvalue weighted by Gasteiger charge is -2.46. The maximum Gasteiger partial charge on any atom is 0.314 e. The summed E-state index contributed by atoms with van der Waals surface area (Å²) in [5, 5.41) is 0. The van der Waals surface area contributed by atoms with E-state index in [1.165, 1.54) is 18.1 Å². The molecular formula is C22H25FO2. The molecule has 0 spiro atoms. The number of aryl methyl sites for hydroxylation is 1. The highest BCUT2D eigenvalue weighted by Crippen LogP contribution is 2.54. The lowest BCUT2D eigenvalue weighted by molar-refractivity contribution is -0.145. The number of carbonyl (C=O) groups excluding carboxylic acids is 1. The Morgan fingerprint density at radius 3 is 2.96 bits per heavy atom. The van der Waals surface area contributed by atoms with Gasteiger partial charge in [0.2, 0.25) is 0 Å². The molecule has 2 aliphatic carbocycles. The van der Waals surface area contributed by atoms with Crippen LogP contribution in [0.15, 0.2) is 42.0 Å². The van der Waals surface area contributed by atoms with Crippen molar-refractivity contribution >= 4 is 5.97 Å². The van der Waals surface area contributed by atoms with E-state index in [1.807, 2.05) is 6.07 Å². The van der Waals surface area contributed by atoms with Crippen molar-refractivity contribution in [1.29, 1.82) is 0 Å². The summed E-state index contributed by atoms with van der Waals surface area (Å²) in [4.78, 5) is 12.5. The van der Waals surface area contributed by atoms with Crippen molar-refractivity contribution < 1.29 is 13.9 Å². The van der Waals surface area contributed by atoms with Gasteiger partial charge in [-0.1, -0.05) is 37.3 Å². The zero-order valence-electron chi connectivity index (χ0n) is 15.0. The fraction of sp³-hybridized carbons (Fsp3) is 0.500. The number of benzene rings is 1. The van der Waals surface area contributed by atoms with Gasteiger partial charge in [0.15, 0.2) is 0 Å². The molecule has 1 aromatic rings. The molecule has 1 aliphatic heterocycles. The number of carbonyl (C=O) groups is 1. The highest BCUT2D eigenvalue weighted by atomic mass is 19.1. The van der Waals surface area contributed by atoms with Crippen LogP contribution < -0.4 is 0 Å². The van der Waals surface area contributed by atoms with E-state index in [4.69, 9.17) is 4.74 Å². The van der Waals surface area contributed by atoms with E-state index < -0.39 is 0 Å². The molecule has 4 atom stereocenters. The average Bonchev–Trinajstić information content (AvgIpc) is 2.83. The molecule has 25 heavy (non-hydrogen) atoms. The molecule has 4 rings (SSSR count). The van der Waals surface area contributed by atoms with Crippen molar-refractivity contribution in [2.45, 2.75) is 52.1 Å². The summed E-state index contributed by atoms with van der Waals surface area (Å²) >= 11 is 0. The van der Waals surface area contributed by atoms with Crippen molar-refractivity contribution in [2.24, 2.45) is 17.3 Å². The van der Waals surface area contributed by atoms with Crippen LogP contribution in [0.25, 0.3) is 0 Å². The quantitative estimate of drug-likeness (QED) is 0.565. The third-order valence-electron chi connectivity index (χ3n) is 6.43. The number of rotatable bonds is 2. The Morgan fingerprint density at radius 1 is 1.40 bits per heavy atom. The van der Waals surface area contributed by atoms with Crippen LogP contribution in [0.4, 0.5) is 4.39 Å². The van der Waals surface area contributed by atoms with Crippen molar-refractivity contribution in [3.63, 3.8) is 0 Å². The Hall–Kier alpha value is -1.90. The monoisotopic (exact) mass is 340 g/mol. The van der Waals surface area contributed by atoms with Crippen LogP contribution in [-0.4, -0.2) is 12.1 Å². The first-order valence-corrected chi connectivity index (χ1v) is 9.22. The van der Waals surface area contributed by atoms with E-state index in [0.29, 0.717) is 17.9 Å². The van der Waals surface area contributed by atoms with Gasteiger partial charge in [0.1, 0.15) is 11.9 Å². The number of fused-ring (bicyclic) bond motifs is 2. The van der Waals surface area contributed by atoms with Crippen molar-refractivity contribution in [1.82, 2.24) is 0 Å². The van der Waals surface area contributed by atoms with Gasteiger partial charge in [0.05, 0.1) is 5.92 Å². The Bertz CT molecular complexity index is 778. The number of halogens is 1. The third kappa shape index (κ3) is 2.74. The minimum atomic E-state index is -0.242. The molecule has 1 saturated heterocycles. The summed E-state index contributed by atoms with van der Waals surface area (Å²) < 4.78 is 19.3. The number of esters is 1. The lowest BCUT2D eigenvalue weighted by Crippen LogP contribution is -2.39. The summed E-state index contributed by atoms with van der Waals surface area (Å²) in [6, 6.07) is 5.09. The van der Waals surface area contributed by atoms with E-state index in [-0.39, 0.29) is 29.2 Å². The van der Waals surface area contributed by atoms with Crippen molar-refractivity contribution in [2.75, 3.05) is 0 Å². The van der Waals surface area contributed by atoms with E-state index in [1.54, 1.807) is 13.0 Å². The second-order valence-electron chi connectivity index (χ2n) is 8.28. The number of allylic oxidation sites excluding steroid dienone is 2. The minimum absolute atomic E-state index is 0.0915. The number of ether oxygens (including phenoxy) is 1. The predicted molar refractivity (Wildman–Crippen MR) is 95.5 cm³/mol. The van der Waals surface area contributed by atoms with Gasteiger partial charge in [-0.05, 0) is 67.2 Å². The molecule has 1 unspecified atom stereocenters. The Morgan fingerprint density at radius 2 is 2.20 bits per heavy atom. The Labute approximate surface area is 148 Å². The molecule has 1 heterocycles. The van der Waals surface area contributed by atoms with Gasteiger partial charge in [0, 0.05) is 5.92 Å². The van der Waals surface area contributed by atoms with E-state index in [2.05, 4.69) is 19.6 Å². The Balaban J connectivity index is 1.65.